The number of alkyl halides is 4. The molecule has 1 unspecified atom stereocenters. The van der Waals surface area contributed by atoms with E-state index in [4.69, 9.17) is 0 Å². The Morgan fingerprint density at radius 3 is 2.10 bits per heavy atom. The summed E-state index contributed by atoms with van der Waals surface area (Å²) >= 11 is 13.8. The van der Waals surface area contributed by atoms with Crippen molar-refractivity contribution in [1.82, 2.24) is 0 Å². The first-order valence-corrected chi connectivity index (χ1v) is 6.42. The molecule has 0 N–H and O–H groups in total. The highest BCUT2D eigenvalue weighted by atomic mass is 80.0. The van der Waals surface area contributed by atoms with Crippen LogP contribution in [-0.2, 0) is 0 Å². The van der Waals surface area contributed by atoms with Crippen molar-refractivity contribution < 1.29 is 0 Å². The first-order valence-electron chi connectivity index (χ1n) is 3.12. The van der Waals surface area contributed by atoms with Crippen molar-refractivity contribution >= 4 is 63.7 Å². The first-order chi connectivity index (χ1) is 4.42. The van der Waals surface area contributed by atoms with Crippen LogP contribution < -0.4 is 0 Å². The molecule has 1 atom stereocenters. The van der Waals surface area contributed by atoms with E-state index in [0.29, 0.717) is 4.83 Å². The molecule has 0 saturated heterocycles. The number of rotatable bonds is 3. The molecule has 0 aliphatic rings. The normalized spacial score (nSPS) is 15.3. The smallest absolute Gasteiger partial charge is 0.0894 e. The lowest BCUT2D eigenvalue weighted by atomic mass is 10.2. The second-order valence-corrected chi connectivity index (χ2v) is 11.1. The Bertz CT molecular complexity index is 84.2. The zero-order valence-corrected chi connectivity index (χ0v) is 12.1. The Labute approximate surface area is 96.0 Å². The third kappa shape index (κ3) is 9.92. The molecular weight excluding hydrogens is 392 g/mol. The van der Waals surface area contributed by atoms with E-state index >= 15 is 0 Å². The standard InChI is InChI=1S/C6H10Br4/c1-5(7)3-2-4-6(8,9)10/h5H,2-4H2,1H3. The Morgan fingerprint density at radius 2 is 1.80 bits per heavy atom. The maximum absolute atomic E-state index is 3.50. The van der Waals surface area contributed by atoms with E-state index in [2.05, 4.69) is 70.6 Å². The average molecular weight is 402 g/mol. The van der Waals surface area contributed by atoms with E-state index in [9.17, 15) is 0 Å². The fraction of sp³-hybridized carbons (Fsp3) is 1.00. The first kappa shape index (κ1) is 11.9. The molecule has 0 amide bonds. The van der Waals surface area contributed by atoms with Crippen molar-refractivity contribution in [2.75, 3.05) is 0 Å². The predicted octanol–water partition coefficient (Wildman–Crippen LogP) is 4.78. The summed E-state index contributed by atoms with van der Waals surface area (Å²) in [7, 11) is 0. The summed E-state index contributed by atoms with van der Waals surface area (Å²) in [5.74, 6) is 0. The van der Waals surface area contributed by atoms with Crippen molar-refractivity contribution in [3.05, 3.63) is 0 Å². The monoisotopic (exact) mass is 398 g/mol. The molecule has 0 spiro atoms. The molecule has 0 heterocycles. The van der Waals surface area contributed by atoms with Gasteiger partial charge in [-0.15, -0.1) is 0 Å². The van der Waals surface area contributed by atoms with Gasteiger partial charge in [-0.05, 0) is 19.3 Å². The molecule has 0 aliphatic heterocycles. The lowest BCUT2D eigenvalue weighted by Crippen LogP contribution is -2.00. The molecule has 0 aromatic heterocycles. The van der Waals surface area contributed by atoms with E-state index in [1.807, 2.05) is 0 Å². The van der Waals surface area contributed by atoms with Crippen LogP contribution in [0.3, 0.4) is 0 Å². The fourth-order valence-corrected chi connectivity index (χ4v) is 1.75. The lowest BCUT2D eigenvalue weighted by molar-refractivity contribution is 0.710. The molecule has 0 bridgehead atoms. The Morgan fingerprint density at radius 1 is 1.30 bits per heavy atom. The Kier molecular flexibility index (Phi) is 6.61. The number of hydrogen-bond acceptors (Lipinski definition) is 0. The van der Waals surface area contributed by atoms with Gasteiger partial charge in [-0.25, -0.2) is 0 Å². The van der Waals surface area contributed by atoms with Crippen molar-refractivity contribution in [3.63, 3.8) is 0 Å². The minimum absolute atomic E-state index is 0.0467. The van der Waals surface area contributed by atoms with Gasteiger partial charge in [0, 0.05) is 4.83 Å². The molecule has 4 heteroatoms. The van der Waals surface area contributed by atoms with Gasteiger partial charge in [0.2, 0.25) is 0 Å². The largest absolute Gasteiger partial charge is 0.135 e. The van der Waals surface area contributed by atoms with E-state index in [0.717, 1.165) is 6.42 Å². The van der Waals surface area contributed by atoms with Gasteiger partial charge < -0.3 is 0 Å². The molecule has 0 saturated carbocycles. The molecule has 0 radical (unpaired) electrons. The molecule has 0 fully saturated rings. The van der Waals surface area contributed by atoms with E-state index < -0.39 is 0 Å². The van der Waals surface area contributed by atoms with Gasteiger partial charge in [0.15, 0.2) is 0 Å². The van der Waals surface area contributed by atoms with E-state index in [1.54, 1.807) is 0 Å². The van der Waals surface area contributed by atoms with Crippen molar-refractivity contribution in [2.24, 2.45) is 0 Å². The maximum atomic E-state index is 3.50. The summed E-state index contributed by atoms with van der Waals surface area (Å²) in [6.45, 7) is 2.17. The average Bonchev–Trinajstić information content (AvgIpc) is 1.59. The van der Waals surface area contributed by atoms with Gasteiger partial charge in [-0.2, -0.15) is 0 Å². The maximum Gasteiger partial charge on any atom is 0.135 e. The van der Waals surface area contributed by atoms with Crippen molar-refractivity contribution in [2.45, 2.75) is 33.2 Å². The number of hydrogen-bond donors (Lipinski definition) is 0. The van der Waals surface area contributed by atoms with Gasteiger partial charge >= 0.3 is 0 Å². The molecule has 10 heavy (non-hydrogen) atoms. The van der Waals surface area contributed by atoms with Crippen molar-refractivity contribution in [1.29, 1.82) is 0 Å². The van der Waals surface area contributed by atoms with E-state index in [1.165, 1.54) is 12.8 Å². The summed E-state index contributed by atoms with van der Waals surface area (Å²) in [6, 6.07) is 0. The molecule has 0 aromatic carbocycles. The molecule has 0 aliphatic carbocycles. The summed E-state index contributed by atoms with van der Waals surface area (Å²) in [4.78, 5) is 0.627. The van der Waals surface area contributed by atoms with Crippen molar-refractivity contribution in [3.8, 4) is 0 Å². The van der Waals surface area contributed by atoms with Crippen LogP contribution in [0.5, 0.6) is 0 Å². The molecule has 62 valence electrons. The van der Waals surface area contributed by atoms with Crippen LogP contribution in [-0.4, -0.2) is 6.97 Å². The molecule has 0 aromatic rings. The van der Waals surface area contributed by atoms with E-state index in [-0.39, 0.29) is 2.14 Å². The lowest BCUT2D eigenvalue weighted by Gasteiger charge is -2.11. The van der Waals surface area contributed by atoms with Gasteiger partial charge in [0.1, 0.15) is 2.14 Å². The zero-order valence-electron chi connectivity index (χ0n) is 5.71. The van der Waals surface area contributed by atoms with Crippen LogP contribution in [0.4, 0.5) is 0 Å². The third-order valence-electron chi connectivity index (χ3n) is 1.06. The van der Waals surface area contributed by atoms with Crippen LogP contribution in [0.1, 0.15) is 26.2 Å². The topological polar surface area (TPSA) is 0 Å². The minimum atomic E-state index is -0.0467. The second-order valence-electron chi connectivity index (χ2n) is 2.29. The molecule has 0 rings (SSSR count). The molecular formula is C6H10Br4. The van der Waals surface area contributed by atoms with Gasteiger partial charge in [-0.1, -0.05) is 70.6 Å². The van der Waals surface area contributed by atoms with Gasteiger partial charge in [0.25, 0.3) is 0 Å². The zero-order chi connectivity index (χ0) is 8.20. The third-order valence-corrected chi connectivity index (χ3v) is 2.71. The Balaban J connectivity index is 3.21. The molecule has 0 nitrogen and oxygen atoms in total. The minimum Gasteiger partial charge on any atom is -0.0894 e. The van der Waals surface area contributed by atoms with Crippen LogP contribution in [0.15, 0.2) is 0 Å². The highest BCUT2D eigenvalue weighted by Gasteiger charge is 2.16. The second kappa shape index (κ2) is 5.55. The van der Waals surface area contributed by atoms with Crippen LogP contribution in [0, 0.1) is 0 Å². The van der Waals surface area contributed by atoms with Crippen LogP contribution >= 0.6 is 63.7 Å². The van der Waals surface area contributed by atoms with Gasteiger partial charge in [-0.3, -0.25) is 0 Å². The summed E-state index contributed by atoms with van der Waals surface area (Å²) in [5, 5.41) is 0. The van der Waals surface area contributed by atoms with Gasteiger partial charge in [0.05, 0.1) is 0 Å². The summed E-state index contributed by atoms with van der Waals surface area (Å²) in [5.41, 5.74) is 0. The summed E-state index contributed by atoms with van der Waals surface area (Å²) < 4.78 is -0.0467. The number of halogens is 4. The highest BCUT2D eigenvalue weighted by molar-refractivity contribution is 9.39. The predicted molar refractivity (Wildman–Crippen MR) is 61.8 cm³/mol. The highest BCUT2D eigenvalue weighted by Crippen LogP contribution is 2.38. The fourth-order valence-electron chi connectivity index (χ4n) is 0.584. The summed E-state index contributed by atoms with van der Waals surface area (Å²) in [6.07, 6.45) is 3.50. The van der Waals surface area contributed by atoms with Crippen LogP contribution in [0.25, 0.3) is 0 Å². The SMILES string of the molecule is CC(Br)CCCC(Br)(Br)Br. The Hall–Kier alpha value is 1.92. The van der Waals surface area contributed by atoms with Crippen LogP contribution in [0.2, 0.25) is 0 Å². The quantitative estimate of drug-likeness (QED) is 0.597.